The number of hydrogen-bond donors (Lipinski definition) is 2. The lowest BCUT2D eigenvalue weighted by atomic mass is 10.0. The van der Waals surface area contributed by atoms with Crippen LogP contribution in [0.5, 0.6) is 0 Å². The van der Waals surface area contributed by atoms with Gasteiger partial charge in [0.2, 0.25) is 0 Å². The van der Waals surface area contributed by atoms with Gasteiger partial charge in [0, 0.05) is 25.2 Å². The first-order valence-electron chi connectivity index (χ1n) is 9.83. The molecule has 1 atom stereocenters. The molecule has 2 rings (SSSR count). The van der Waals surface area contributed by atoms with E-state index < -0.39 is 23.7 Å². The van der Waals surface area contributed by atoms with Gasteiger partial charge in [-0.3, -0.25) is 4.79 Å². The summed E-state index contributed by atoms with van der Waals surface area (Å²) in [5, 5.41) is 12.1. The molecular formula is C21H30N2O6. The van der Waals surface area contributed by atoms with Crippen LogP contribution >= 0.6 is 0 Å². The molecule has 0 saturated heterocycles. The first kappa shape index (κ1) is 22.7. The van der Waals surface area contributed by atoms with Crippen LogP contribution in [0.1, 0.15) is 55.6 Å². The van der Waals surface area contributed by atoms with E-state index in [1.54, 1.807) is 38.7 Å². The van der Waals surface area contributed by atoms with E-state index in [4.69, 9.17) is 14.6 Å². The number of carboxylic acids is 1. The molecule has 8 heteroatoms. The summed E-state index contributed by atoms with van der Waals surface area (Å²) < 4.78 is 10.5. The lowest BCUT2D eigenvalue weighted by molar-refractivity contribution is -0.139. The molecule has 0 saturated carbocycles. The number of amides is 1. The van der Waals surface area contributed by atoms with Crippen molar-refractivity contribution in [1.29, 1.82) is 0 Å². The molecule has 0 fully saturated rings. The molecule has 0 radical (unpaired) electrons. The molecular weight excluding hydrogens is 376 g/mol. The highest BCUT2D eigenvalue weighted by atomic mass is 16.6. The second-order valence-corrected chi connectivity index (χ2v) is 8.04. The lowest BCUT2D eigenvalue weighted by Gasteiger charge is -2.28. The standard InChI is InChI=1S/C21H30N2O6/c1-5-17(18(24)25)22-9-11-23(20(27)29-21(2,3)4)10-8-14-6-7-16-15(12-14)13-28-19(16)26/h6-7,12,17,22H,5,8-11,13H2,1-4H3,(H,24,25). The van der Waals surface area contributed by atoms with Gasteiger partial charge in [-0.05, 0) is 45.2 Å². The van der Waals surface area contributed by atoms with Gasteiger partial charge in [-0.1, -0.05) is 19.1 Å². The molecule has 29 heavy (non-hydrogen) atoms. The molecule has 0 aliphatic carbocycles. The lowest BCUT2D eigenvalue weighted by Crippen LogP contribution is -2.44. The summed E-state index contributed by atoms with van der Waals surface area (Å²) >= 11 is 0. The summed E-state index contributed by atoms with van der Waals surface area (Å²) in [5.41, 5.74) is 1.80. The van der Waals surface area contributed by atoms with E-state index in [-0.39, 0.29) is 12.6 Å². The smallest absolute Gasteiger partial charge is 0.410 e. The van der Waals surface area contributed by atoms with Crippen molar-refractivity contribution in [2.75, 3.05) is 19.6 Å². The third kappa shape index (κ3) is 6.74. The molecule has 1 aliphatic rings. The van der Waals surface area contributed by atoms with E-state index in [9.17, 15) is 14.4 Å². The molecule has 1 aromatic carbocycles. The van der Waals surface area contributed by atoms with Crippen molar-refractivity contribution in [2.45, 2.75) is 58.8 Å². The first-order valence-corrected chi connectivity index (χ1v) is 9.83. The van der Waals surface area contributed by atoms with Crippen molar-refractivity contribution in [1.82, 2.24) is 10.2 Å². The number of hydrogen-bond acceptors (Lipinski definition) is 6. The zero-order valence-corrected chi connectivity index (χ0v) is 17.5. The third-order valence-electron chi connectivity index (χ3n) is 4.55. The molecule has 160 valence electrons. The van der Waals surface area contributed by atoms with Crippen molar-refractivity contribution in [3.63, 3.8) is 0 Å². The Hall–Kier alpha value is -2.61. The molecule has 8 nitrogen and oxygen atoms in total. The van der Waals surface area contributed by atoms with Gasteiger partial charge in [-0.25, -0.2) is 9.59 Å². The largest absolute Gasteiger partial charge is 0.480 e. The van der Waals surface area contributed by atoms with Crippen LogP contribution in [-0.4, -0.2) is 59.3 Å². The van der Waals surface area contributed by atoms with Gasteiger partial charge >= 0.3 is 18.0 Å². The fourth-order valence-corrected chi connectivity index (χ4v) is 3.01. The van der Waals surface area contributed by atoms with Crippen LogP contribution in [0, 0.1) is 0 Å². The molecule has 0 bridgehead atoms. The topological polar surface area (TPSA) is 105 Å². The van der Waals surface area contributed by atoms with Gasteiger partial charge in [0.15, 0.2) is 0 Å². The number of carbonyl (C=O) groups excluding carboxylic acids is 2. The van der Waals surface area contributed by atoms with Crippen LogP contribution in [0.15, 0.2) is 18.2 Å². The molecule has 1 unspecified atom stereocenters. The minimum absolute atomic E-state index is 0.273. The van der Waals surface area contributed by atoms with E-state index in [0.717, 1.165) is 11.1 Å². The van der Waals surface area contributed by atoms with Crippen molar-refractivity contribution in [3.8, 4) is 0 Å². The summed E-state index contributed by atoms with van der Waals surface area (Å²) in [4.78, 5) is 36.9. The van der Waals surface area contributed by atoms with Gasteiger partial charge in [-0.15, -0.1) is 0 Å². The first-order chi connectivity index (χ1) is 13.6. The van der Waals surface area contributed by atoms with Gasteiger partial charge in [0.1, 0.15) is 18.2 Å². The SMILES string of the molecule is CCC(NCCN(CCc1ccc2c(c1)COC2=O)C(=O)OC(C)(C)C)C(=O)O. The van der Waals surface area contributed by atoms with Crippen LogP contribution in [0.25, 0.3) is 0 Å². The van der Waals surface area contributed by atoms with Gasteiger partial charge in [0.25, 0.3) is 0 Å². The van der Waals surface area contributed by atoms with Crippen LogP contribution in [-0.2, 0) is 27.3 Å². The third-order valence-corrected chi connectivity index (χ3v) is 4.55. The second-order valence-electron chi connectivity index (χ2n) is 8.04. The fraction of sp³-hybridized carbons (Fsp3) is 0.571. The number of cyclic esters (lactones) is 1. The summed E-state index contributed by atoms with van der Waals surface area (Å²) in [5.74, 6) is -1.22. The molecule has 1 aliphatic heterocycles. The minimum atomic E-state index is -0.911. The van der Waals surface area contributed by atoms with Crippen molar-refractivity contribution >= 4 is 18.0 Å². The van der Waals surface area contributed by atoms with Gasteiger partial charge in [-0.2, -0.15) is 0 Å². The molecule has 2 N–H and O–H groups in total. The predicted octanol–water partition coefficient (Wildman–Crippen LogP) is 2.59. The van der Waals surface area contributed by atoms with E-state index in [2.05, 4.69) is 5.32 Å². The Kier molecular flexibility index (Phi) is 7.61. The molecule has 1 amide bonds. The maximum absolute atomic E-state index is 12.6. The highest BCUT2D eigenvalue weighted by molar-refractivity contribution is 5.93. The average molecular weight is 406 g/mol. The number of carboxylic acid groups (broad SMARTS) is 1. The van der Waals surface area contributed by atoms with Gasteiger partial charge in [0.05, 0.1) is 5.56 Å². The number of carbonyl (C=O) groups is 3. The normalized spacial score (nSPS) is 14.1. The van der Waals surface area contributed by atoms with Crippen LogP contribution in [0.2, 0.25) is 0 Å². The Bertz CT molecular complexity index is 756. The van der Waals surface area contributed by atoms with Crippen molar-refractivity contribution in [3.05, 3.63) is 34.9 Å². The maximum atomic E-state index is 12.6. The van der Waals surface area contributed by atoms with E-state index in [1.807, 2.05) is 12.1 Å². The maximum Gasteiger partial charge on any atom is 0.410 e. The zero-order chi connectivity index (χ0) is 21.6. The summed E-state index contributed by atoms with van der Waals surface area (Å²) in [7, 11) is 0. The van der Waals surface area contributed by atoms with Crippen molar-refractivity contribution in [2.24, 2.45) is 0 Å². The molecule has 1 aromatic rings. The number of esters is 1. The quantitative estimate of drug-likeness (QED) is 0.607. The average Bonchev–Trinajstić information content (AvgIpc) is 2.99. The minimum Gasteiger partial charge on any atom is -0.480 e. The second kappa shape index (κ2) is 9.73. The van der Waals surface area contributed by atoms with Crippen LogP contribution in [0.4, 0.5) is 4.79 Å². The number of nitrogens with zero attached hydrogens (tertiary/aromatic N) is 1. The Balaban J connectivity index is 2.00. The number of aliphatic carboxylic acids is 1. The Morgan fingerprint density at radius 2 is 2.03 bits per heavy atom. The number of fused-ring (bicyclic) bond motifs is 1. The predicted molar refractivity (Wildman–Crippen MR) is 107 cm³/mol. The zero-order valence-electron chi connectivity index (χ0n) is 17.5. The molecule has 1 heterocycles. The fourth-order valence-electron chi connectivity index (χ4n) is 3.01. The summed E-state index contributed by atoms with van der Waals surface area (Å²) in [6, 6.07) is 4.88. The monoisotopic (exact) mass is 406 g/mol. The number of ether oxygens (including phenoxy) is 2. The Morgan fingerprint density at radius 1 is 1.31 bits per heavy atom. The van der Waals surface area contributed by atoms with E-state index >= 15 is 0 Å². The van der Waals surface area contributed by atoms with E-state index in [1.165, 1.54) is 0 Å². The van der Waals surface area contributed by atoms with Gasteiger partial charge < -0.3 is 24.8 Å². The molecule has 0 aromatic heterocycles. The number of rotatable bonds is 9. The highest BCUT2D eigenvalue weighted by Gasteiger charge is 2.24. The summed E-state index contributed by atoms with van der Waals surface area (Å²) in [6.45, 7) is 8.55. The number of nitrogens with one attached hydrogen (secondary N) is 1. The Labute approximate surface area is 171 Å². The Morgan fingerprint density at radius 3 is 2.66 bits per heavy atom. The van der Waals surface area contributed by atoms with Crippen molar-refractivity contribution < 1.29 is 29.0 Å². The molecule has 0 spiro atoms. The number of benzene rings is 1. The van der Waals surface area contributed by atoms with Crippen LogP contribution < -0.4 is 5.32 Å². The van der Waals surface area contributed by atoms with E-state index in [0.29, 0.717) is 38.0 Å². The summed E-state index contributed by atoms with van der Waals surface area (Å²) in [6.07, 6.45) is 0.594. The van der Waals surface area contributed by atoms with Crippen LogP contribution in [0.3, 0.4) is 0 Å². The highest BCUT2D eigenvalue weighted by Crippen LogP contribution is 2.21.